The first-order valence-electron chi connectivity index (χ1n) is 11.2. The van der Waals surface area contributed by atoms with Crippen molar-refractivity contribution in [3.05, 3.63) is 72.6 Å². The highest BCUT2D eigenvalue weighted by Crippen LogP contribution is 2.27. The number of carbonyl (C=O) groups excluding carboxylic acids is 1. The zero-order valence-corrected chi connectivity index (χ0v) is 19.9. The Morgan fingerprint density at radius 1 is 1.00 bits per heavy atom. The molecule has 1 fully saturated rings. The Morgan fingerprint density at radius 3 is 2.49 bits per heavy atom. The van der Waals surface area contributed by atoms with Gasteiger partial charge in [0.25, 0.3) is 5.91 Å². The van der Waals surface area contributed by atoms with Crippen LogP contribution >= 0.6 is 0 Å². The summed E-state index contributed by atoms with van der Waals surface area (Å²) in [5, 5.41) is 12.6. The van der Waals surface area contributed by atoms with Gasteiger partial charge in [0.2, 0.25) is 10.0 Å². The predicted molar refractivity (Wildman–Crippen MR) is 129 cm³/mol. The van der Waals surface area contributed by atoms with Crippen molar-refractivity contribution < 1.29 is 17.9 Å². The predicted octanol–water partition coefficient (Wildman–Crippen LogP) is 2.04. The number of ether oxygens (including phenoxy) is 1. The van der Waals surface area contributed by atoms with Crippen LogP contribution < -0.4 is 4.74 Å². The van der Waals surface area contributed by atoms with E-state index in [9.17, 15) is 13.2 Å². The van der Waals surface area contributed by atoms with Crippen LogP contribution in [0.2, 0.25) is 0 Å². The van der Waals surface area contributed by atoms with Crippen LogP contribution in [0.3, 0.4) is 0 Å². The van der Waals surface area contributed by atoms with E-state index in [4.69, 9.17) is 4.74 Å². The number of carbonyl (C=O) groups is 1. The number of hydrogen-bond donors (Lipinski definition) is 0. The Balaban J connectivity index is 1.19. The fourth-order valence-corrected chi connectivity index (χ4v) is 5.74. The quantitative estimate of drug-likeness (QED) is 0.405. The largest absolute Gasteiger partial charge is 0.484 e. The minimum Gasteiger partial charge on any atom is -0.484 e. The van der Waals surface area contributed by atoms with E-state index >= 15 is 0 Å². The summed E-state index contributed by atoms with van der Waals surface area (Å²) in [6.07, 6.45) is 1.49. The summed E-state index contributed by atoms with van der Waals surface area (Å²) >= 11 is 0. The first-order chi connectivity index (χ1) is 16.9. The monoisotopic (exact) mass is 492 g/mol. The van der Waals surface area contributed by atoms with E-state index in [1.165, 1.54) is 15.3 Å². The van der Waals surface area contributed by atoms with Crippen molar-refractivity contribution >= 4 is 26.7 Å². The Labute approximate surface area is 202 Å². The lowest BCUT2D eigenvalue weighted by molar-refractivity contribution is -0.134. The zero-order valence-electron chi connectivity index (χ0n) is 19.1. The van der Waals surface area contributed by atoms with Gasteiger partial charge in [0.1, 0.15) is 12.1 Å². The number of rotatable bonds is 6. The lowest BCUT2D eigenvalue weighted by atomic mass is 10.1. The van der Waals surface area contributed by atoms with Crippen molar-refractivity contribution in [1.29, 1.82) is 0 Å². The molecule has 1 amide bonds. The summed E-state index contributed by atoms with van der Waals surface area (Å²) in [7, 11) is -3.68. The van der Waals surface area contributed by atoms with Gasteiger partial charge in [0, 0.05) is 31.6 Å². The first kappa shape index (κ1) is 22.9. The third kappa shape index (κ3) is 4.73. The number of piperazine rings is 1. The molecule has 0 radical (unpaired) electrons. The molecule has 0 unspecified atom stereocenters. The van der Waals surface area contributed by atoms with Crippen molar-refractivity contribution in [2.24, 2.45) is 0 Å². The maximum absolute atomic E-state index is 13.4. The molecule has 1 saturated heterocycles. The number of aryl methyl sites for hydroxylation is 1. The zero-order chi connectivity index (χ0) is 24.4. The molecular formula is C24H24N6O4S. The molecule has 0 atom stereocenters. The molecule has 1 aliphatic rings. The van der Waals surface area contributed by atoms with E-state index in [1.807, 2.05) is 31.2 Å². The van der Waals surface area contributed by atoms with E-state index in [0.717, 1.165) is 16.6 Å². The van der Waals surface area contributed by atoms with Crippen molar-refractivity contribution in [2.75, 3.05) is 32.8 Å². The van der Waals surface area contributed by atoms with Gasteiger partial charge in [-0.15, -0.1) is 5.10 Å². The second kappa shape index (κ2) is 9.43. The summed E-state index contributed by atoms with van der Waals surface area (Å²) in [6, 6.07) is 18.2. The molecule has 35 heavy (non-hydrogen) atoms. The van der Waals surface area contributed by atoms with Gasteiger partial charge in [-0.2, -0.15) is 4.31 Å². The fraction of sp³-hybridized carbons (Fsp3) is 0.250. The lowest BCUT2D eigenvalue weighted by Crippen LogP contribution is -2.51. The van der Waals surface area contributed by atoms with Gasteiger partial charge in [-0.3, -0.25) is 4.79 Å². The minimum absolute atomic E-state index is 0.125. The van der Waals surface area contributed by atoms with Crippen LogP contribution in [0.1, 0.15) is 5.56 Å². The number of tetrazole rings is 1. The van der Waals surface area contributed by atoms with Crippen LogP contribution in [-0.4, -0.2) is 76.5 Å². The molecule has 0 bridgehead atoms. The SMILES string of the molecule is Cc1ccc2cccc(S(=O)(=O)N3CCN(C(=O)COc4ccc(-n5cnnn5)cc4)CC3)c2c1. The number of sulfonamides is 1. The molecule has 0 spiro atoms. The van der Waals surface area contributed by atoms with Gasteiger partial charge in [0.05, 0.1) is 10.6 Å². The maximum Gasteiger partial charge on any atom is 0.260 e. The number of aromatic nitrogens is 4. The lowest BCUT2D eigenvalue weighted by Gasteiger charge is -2.34. The summed E-state index contributed by atoms with van der Waals surface area (Å²) < 4.78 is 35.4. The first-order valence-corrected chi connectivity index (χ1v) is 12.6. The van der Waals surface area contributed by atoms with Crippen molar-refractivity contribution in [2.45, 2.75) is 11.8 Å². The summed E-state index contributed by atoms with van der Waals surface area (Å²) in [4.78, 5) is 14.6. The van der Waals surface area contributed by atoms with Gasteiger partial charge in [-0.1, -0.05) is 35.9 Å². The fourth-order valence-electron chi connectivity index (χ4n) is 4.11. The van der Waals surface area contributed by atoms with Crippen LogP contribution in [0.4, 0.5) is 0 Å². The van der Waals surface area contributed by atoms with Gasteiger partial charge >= 0.3 is 0 Å². The Morgan fingerprint density at radius 2 is 1.77 bits per heavy atom. The van der Waals surface area contributed by atoms with Gasteiger partial charge in [-0.25, -0.2) is 13.1 Å². The highest BCUT2D eigenvalue weighted by atomic mass is 32.2. The molecule has 2 heterocycles. The molecule has 0 saturated carbocycles. The van der Waals surface area contributed by atoms with E-state index in [1.54, 1.807) is 41.3 Å². The molecule has 1 aliphatic heterocycles. The normalized spacial score (nSPS) is 14.8. The van der Waals surface area contributed by atoms with Gasteiger partial charge in [-0.05, 0) is 53.1 Å². The minimum atomic E-state index is -3.68. The third-order valence-corrected chi connectivity index (χ3v) is 7.98. The van der Waals surface area contributed by atoms with E-state index in [0.29, 0.717) is 29.1 Å². The Hall–Kier alpha value is -3.83. The highest BCUT2D eigenvalue weighted by Gasteiger charge is 2.31. The molecule has 5 rings (SSSR count). The number of amides is 1. The van der Waals surface area contributed by atoms with Crippen LogP contribution in [0, 0.1) is 6.92 Å². The Bertz CT molecular complexity index is 1450. The number of hydrogen-bond acceptors (Lipinski definition) is 7. The topological polar surface area (TPSA) is 111 Å². The van der Waals surface area contributed by atoms with Gasteiger partial charge in [0.15, 0.2) is 6.61 Å². The second-order valence-corrected chi connectivity index (χ2v) is 10.2. The Kier molecular flexibility index (Phi) is 6.18. The molecule has 0 N–H and O–H groups in total. The van der Waals surface area contributed by atoms with E-state index in [2.05, 4.69) is 15.5 Å². The number of nitrogens with zero attached hydrogens (tertiary/aromatic N) is 6. The molecule has 3 aromatic carbocycles. The van der Waals surface area contributed by atoms with E-state index < -0.39 is 10.0 Å². The molecule has 0 aliphatic carbocycles. The van der Waals surface area contributed by atoms with Crippen LogP contribution in [-0.2, 0) is 14.8 Å². The van der Waals surface area contributed by atoms with Crippen molar-refractivity contribution in [1.82, 2.24) is 29.4 Å². The molecule has 1 aromatic heterocycles. The van der Waals surface area contributed by atoms with Crippen LogP contribution in [0.25, 0.3) is 16.5 Å². The molecular weight excluding hydrogens is 468 g/mol. The standard InChI is InChI=1S/C24H24N6O4S/c1-18-5-6-19-3-2-4-23(22(19)15-18)35(32,33)29-13-11-28(12-14-29)24(31)16-34-21-9-7-20(8-10-21)30-17-25-26-27-30/h2-10,15,17H,11-14,16H2,1H3. The smallest absolute Gasteiger partial charge is 0.260 e. The maximum atomic E-state index is 13.4. The van der Waals surface area contributed by atoms with Gasteiger partial charge < -0.3 is 9.64 Å². The summed E-state index contributed by atoms with van der Waals surface area (Å²) in [5.41, 5.74) is 1.77. The van der Waals surface area contributed by atoms with Crippen molar-refractivity contribution in [3.63, 3.8) is 0 Å². The third-order valence-electron chi connectivity index (χ3n) is 6.02. The average molecular weight is 493 g/mol. The van der Waals surface area contributed by atoms with Crippen LogP contribution in [0.5, 0.6) is 5.75 Å². The second-order valence-electron chi connectivity index (χ2n) is 8.30. The number of benzene rings is 3. The molecule has 4 aromatic rings. The van der Waals surface area contributed by atoms with Crippen molar-refractivity contribution in [3.8, 4) is 11.4 Å². The molecule has 11 heteroatoms. The van der Waals surface area contributed by atoms with Crippen LogP contribution in [0.15, 0.2) is 71.9 Å². The molecule has 180 valence electrons. The number of fused-ring (bicyclic) bond motifs is 1. The average Bonchev–Trinajstić information content (AvgIpc) is 3.42. The highest BCUT2D eigenvalue weighted by molar-refractivity contribution is 7.89. The summed E-state index contributed by atoms with van der Waals surface area (Å²) in [5.74, 6) is 0.357. The summed E-state index contributed by atoms with van der Waals surface area (Å²) in [6.45, 7) is 2.90. The van der Waals surface area contributed by atoms with E-state index in [-0.39, 0.29) is 25.6 Å². The molecule has 10 nitrogen and oxygen atoms in total.